The number of para-hydroxylation sites is 1. The van der Waals surface area contributed by atoms with Crippen molar-refractivity contribution in [3.05, 3.63) is 42.0 Å². The fourth-order valence-corrected chi connectivity index (χ4v) is 2.45. The summed E-state index contributed by atoms with van der Waals surface area (Å²) in [5.41, 5.74) is 0.963. The van der Waals surface area contributed by atoms with Gasteiger partial charge in [0.1, 0.15) is 17.9 Å². The quantitative estimate of drug-likeness (QED) is 0.871. The summed E-state index contributed by atoms with van der Waals surface area (Å²) in [5, 5.41) is 17.9. The molecule has 0 radical (unpaired) electrons. The predicted octanol–water partition coefficient (Wildman–Crippen LogP) is 1.56. The van der Waals surface area contributed by atoms with E-state index >= 15 is 0 Å². The van der Waals surface area contributed by atoms with Gasteiger partial charge in [0, 0.05) is 24.7 Å². The number of rotatable bonds is 2. The van der Waals surface area contributed by atoms with E-state index in [4.69, 9.17) is 0 Å². The third-order valence-electron chi connectivity index (χ3n) is 3.60. The molecule has 1 aliphatic rings. The van der Waals surface area contributed by atoms with E-state index in [-0.39, 0.29) is 6.04 Å². The highest BCUT2D eigenvalue weighted by Crippen LogP contribution is 2.29. The Hall–Kier alpha value is -1.88. The molecule has 2 aromatic rings. The molecule has 94 valence electrons. The Balaban J connectivity index is 1.83. The number of phenols is 1. The number of nitrogens with zero attached hydrogens (tertiary/aromatic N) is 4. The smallest absolute Gasteiger partial charge is 0.147 e. The predicted molar refractivity (Wildman–Crippen MR) is 67.0 cm³/mol. The minimum atomic E-state index is 0.177. The summed E-state index contributed by atoms with van der Waals surface area (Å²) in [6.07, 6.45) is 1.78. The van der Waals surface area contributed by atoms with E-state index in [0.717, 1.165) is 31.0 Å². The van der Waals surface area contributed by atoms with Crippen LogP contribution in [-0.2, 0) is 13.1 Å². The molecule has 1 aromatic heterocycles. The fourth-order valence-electron chi connectivity index (χ4n) is 2.45. The molecule has 5 nitrogen and oxygen atoms in total. The first kappa shape index (κ1) is 11.2. The molecule has 1 N–H and O–H groups in total. The average molecular weight is 244 g/mol. The third kappa shape index (κ3) is 1.86. The van der Waals surface area contributed by atoms with E-state index in [9.17, 15) is 5.11 Å². The Morgan fingerprint density at radius 1 is 1.28 bits per heavy atom. The molecule has 0 aliphatic carbocycles. The van der Waals surface area contributed by atoms with Crippen molar-refractivity contribution in [2.24, 2.45) is 0 Å². The standard InChI is InChI=1S/C13H16N4O/c1-10(11-4-2-3-5-12(11)18)16-6-7-17-9-14-15-13(17)8-16/h2-5,9-10,18H,6-8H2,1H3. The average Bonchev–Trinajstić information content (AvgIpc) is 2.85. The van der Waals surface area contributed by atoms with Gasteiger partial charge >= 0.3 is 0 Å². The number of hydrogen-bond donors (Lipinski definition) is 1. The minimum absolute atomic E-state index is 0.177. The van der Waals surface area contributed by atoms with Gasteiger partial charge in [-0.25, -0.2) is 0 Å². The van der Waals surface area contributed by atoms with Gasteiger partial charge in [0.2, 0.25) is 0 Å². The molecule has 0 fully saturated rings. The minimum Gasteiger partial charge on any atom is -0.508 e. The highest BCUT2D eigenvalue weighted by molar-refractivity contribution is 5.34. The zero-order valence-corrected chi connectivity index (χ0v) is 10.3. The molecular weight excluding hydrogens is 228 g/mol. The van der Waals surface area contributed by atoms with Crippen LogP contribution in [0.1, 0.15) is 24.4 Å². The largest absolute Gasteiger partial charge is 0.508 e. The summed E-state index contributed by atoms with van der Waals surface area (Å²) in [6, 6.07) is 7.69. The van der Waals surface area contributed by atoms with Crippen molar-refractivity contribution in [1.29, 1.82) is 0 Å². The van der Waals surface area contributed by atoms with Gasteiger partial charge < -0.3 is 9.67 Å². The van der Waals surface area contributed by atoms with Crippen molar-refractivity contribution >= 4 is 0 Å². The highest BCUT2D eigenvalue weighted by atomic mass is 16.3. The van der Waals surface area contributed by atoms with Crippen molar-refractivity contribution in [3.63, 3.8) is 0 Å². The Morgan fingerprint density at radius 3 is 2.94 bits per heavy atom. The van der Waals surface area contributed by atoms with Gasteiger partial charge in [0.05, 0.1) is 6.54 Å². The molecule has 0 saturated heterocycles. The van der Waals surface area contributed by atoms with E-state index in [1.807, 2.05) is 18.2 Å². The molecule has 2 heterocycles. The zero-order valence-electron chi connectivity index (χ0n) is 10.3. The Labute approximate surface area is 106 Å². The number of aromatic nitrogens is 3. The highest BCUT2D eigenvalue weighted by Gasteiger charge is 2.23. The van der Waals surface area contributed by atoms with E-state index < -0.39 is 0 Å². The van der Waals surface area contributed by atoms with Crippen molar-refractivity contribution in [2.45, 2.75) is 26.1 Å². The van der Waals surface area contributed by atoms with E-state index in [1.54, 1.807) is 12.4 Å². The molecule has 0 bridgehead atoms. The Kier molecular flexibility index (Phi) is 2.76. The number of benzene rings is 1. The Morgan fingerprint density at radius 2 is 2.11 bits per heavy atom. The zero-order chi connectivity index (χ0) is 12.5. The first-order chi connectivity index (χ1) is 8.75. The third-order valence-corrected chi connectivity index (χ3v) is 3.60. The fraction of sp³-hybridized carbons (Fsp3) is 0.385. The molecule has 1 aromatic carbocycles. The molecule has 1 aliphatic heterocycles. The van der Waals surface area contributed by atoms with Gasteiger partial charge in [0.15, 0.2) is 0 Å². The van der Waals surface area contributed by atoms with E-state index in [2.05, 4.69) is 26.6 Å². The van der Waals surface area contributed by atoms with Gasteiger partial charge in [-0.15, -0.1) is 10.2 Å². The maximum atomic E-state index is 9.91. The second-order valence-electron chi connectivity index (χ2n) is 4.65. The molecule has 1 atom stereocenters. The van der Waals surface area contributed by atoms with Crippen LogP contribution in [0.3, 0.4) is 0 Å². The second kappa shape index (κ2) is 4.42. The van der Waals surface area contributed by atoms with Crippen LogP contribution in [0.2, 0.25) is 0 Å². The van der Waals surface area contributed by atoms with Crippen LogP contribution in [0, 0.1) is 0 Å². The monoisotopic (exact) mass is 244 g/mol. The van der Waals surface area contributed by atoms with Gasteiger partial charge in [-0.1, -0.05) is 18.2 Å². The number of phenolic OH excluding ortho intramolecular Hbond substituents is 1. The summed E-state index contributed by atoms with van der Waals surface area (Å²) >= 11 is 0. The SMILES string of the molecule is CC(c1ccccc1O)N1CCn2cnnc2C1. The summed E-state index contributed by atoms with van der Waals surface area (Å²) in [6.45, 7) is 4.73. The molecule has 0 saturated carbocycles. The topological polar surface area (TPSA) is 54.2 Å². The molecule has 1 unspecified atom stereocenters. The lowest BCUT2D eigenvalue weighted by Gasteiger charge is -2.32. The van der Waals surface area contributed by atoms with Crippen molar-refractivity contribution in [1.82, 2.24) is 19.7 Å². The molecule has 0 amide bonds. The van der Waals surface area contributed by atoms with Crippen molar-refractivity contribution < 1.29 is 5.11 Å². The lowest BCUT2D eigenvalue weighted by atomic mass is 10.1. The van der Waals surface area contributed by atoms with Gasteiger partial charge in [-0.3, -0.25) is 4.90 Å². The molecule has 18 heavy (non-hydrogen) atoms. The molecule has 5 heteroatoms. The van der Waals surface area contributed by atoms with Crippen LogP contribution >= 0.6 is 0 Å². The van der Waals surface area contributed by atoms with Crippen LogP contribution in [0.4, 0.5) is 0 Å². The Bertz CT molecular complexity index is 551. The van der Waals surface area contributed by atoms with Crippen LogP contribution in [0.15, 0.2) is 30.6 Å². The van der Waals surface area contributed by atoms with Gasteiger partial charge in [0.25, 0.3) is 0 Å². The van der Waals surface area contributed by atoms with E-state index in [0.29, 0.717) is 5.75 Å². The number of aromatic hydroxyl groups is 1. The normalized spacial score (nSPS) is 17.4. The van der Waals surface area contributed by atoms with Gasteiger partial charge in [-0.05, 0) is 13.0 Å². The maximum Gasteiger partial charge on any atom is 0.147 e. The molecular formula is C13H16N4O. The van der Waals surface area contributed by atoms with Gasteiger partial charge in [-0.2, -0.15) is 0 Å². The van der Waals surface area contributed by atoms with Crippen LogP contribution in [-0.4, -0.2) is 31.3 Å². The van der Waals surface area contributed by atoms with Crippen molar-refractivity contribution in [3.8, 4) is 5.75 Å². The first-order valence-electron chi connectivity index (χ1n) is 6.14. The number of fused-ring (bicyclic) bond motifs is 1. The summed E-state index contributed by atoms with van der Waals surface area (Å²) in [5.74, 6) is 1.35. The van der Waals surface area contributed by atoms with Crippen LogP contribution in [0.25, 0.3) is 0 Å². The lowest BCUT2D eigenvalue weighted by molar-refractivity contribution is 0.161. The van der Waals surface area contributed by atoms with Crippen LogP contribution in [0.5, 0.6) is 5.75 Å². The summed E-state index contributed by atoms with van der Waals surface area (Å²) < 4.78 is 2.08. The first-order valence-corrected chi connectivity index (χ1v) is 6.14. The van der Waals surface area contributed by atoms with Crippen LogP contribution < -0.4 is 0 Å². The van der Waals surface area contributed by atoms with E-state index in [1.165, 1.54) is 0 Å². The number of hydrogen-bond acceptors (Lipinski definition) is 4. The van der Waals surface area contributed by atoms with Crippen molar-refractivity contribution in [2.75, 3.05) is 6.54 Å². The maximum absolute atomic E-state index is 9.91. The molecule has 0 spiro atoms. The second-order valence-corrected chi connectivity index (χ2v) is 4.65. The summed E-state index contributed by atoms with van der Waals surface area (Å²) in [7, 11) is 0. The lowest BCUT2D eigenvalue weighted by Crippen LogP contribution is -2.35. The summed E-state index contributed by atoms with van der Waals surface area (Å²) in [4.78, 5) is 2.30. The molecule has 3 rings (SSSR count).